The number of benzene rings is 1. The first-order chi connectivity index (χ1) is 11.2. The van der Waals surface area contributed by atoms with Crippen LogP contribution in [0.4, 0.5) is 0 Å². The Bertz CT molecular complexity index is 638. The van der Waals surface area contributed by atoms with Crippen LogP contribution in [-0.4, -0.2) is 54.0 Å². The molecule has 0 spiro atoms. The molecule has 3 rings (SSSR count). The molecule has 0 saturated carbocycles. The van der Waals surface area contributed by atoms with Crippen LogP contribution in [0.5, 0.6) is 0 Å². The quantitative estimate of drug-likeness (QED) is 0.843. The highest BCUT2D eigenvalue weighted by atomic mass is 32.1. The summed E-state index contributed by atoms with van der Waals surface area (Å²) in [5, 5.41) is 3.15. The third kappa shape index (κ3) is 4.37. The summed E-state index contributed by atoms with van der Waals surface area (Å²) < 4.78 is 5.36. The second-order valence-corrected chi connectivity index (χ2v) is 6.59. The number of ether oxygens (including phenoxy) is 1. The molecule has 122 valence electrons. The number of aromatic nitrogens is 1. The van der Waals surface area contributed by atoms with Gasteiger partial charge < -0.3 is 9.64 Å². The Morgan fingerprint density at radius 3 is 2.78 bits per heavy atom. The molecule has 0 atom stereocenters. The van der Waals surface area contributed by atoms with E-state index in [-0.39, 0.29) is 5.91 Å². The zero-order valence-corrected chi connectivity index (χ0v) is 14.1. The van der Waals surface area contributed by atoms with Crippen molar-refractivity contribution >= 4 is 17.2 Å². The number of nitrogens with zero attached hydrogens (tertiary/aromatic N) is 3. The fraction of sp³-hybridized carbons (Fsp3) is 0.412. The fourth-order valence-corrected chi connectivity index (χ4v) is 3.39. The van der Waals surface area contributed by atoms with Crippen LogP contribution in [0, 0.1) is 0 Å². The predicted octanol–water partition coefficient (Wildman–Crippen LogP) is 2.25. The van der Waals surface area contributed by atoms with Gasteiger partial charge in [0.15, 0.2) is 0 Å². The van der Waals surface area contributed by atoms with Gasteiger partial charge in [0.1, 0.15) is 5.01 Å². The SMILES string of the molecule is CN(Cc1csc(CN2CCOCC2)n1)C(=O)c1ccccc1. The van der Waals surface area contributed by atoms with Crippen molar-refractivity contribution in [1.29, 1.82) is 0 Å². The van der Waals surface area contributed by atoms with Gasteiger partial charge in [-0.25, -0.2) is 4.98 Å². The Morgan fingerprint density at radius 1 is 1.30 bits per heavy atom. The first-order valence-electron chi connectivity index (χ1n) is 7.76. The summed E-state index contributed by atoms with van der Waals surface area (Å²) in [6.07, 6.45) is 0. The molecule has 1 saturated heterocycles. The van der Waals surface area contributed by atoms with Gasteiger partial charge in [-0.15, -0.1) is 11.3 Å². The molecule has 2 heterocycles. The summed E-state index contributed by atoms with van der Waals surface area (Å²) in [6, 6.07) is 9.34. The van der Waals surface area contributed by atoms with Crippen LogP contribution in [0.2, 0.25) is 0 Å². The van der Waals surface area contributed by atoms with Crippen molar-refractivity contribution in [3.05, 3.63) is 52.0 Å². The molecule has 0 bridgehead atoms. The molecule has 2 aromatic rings. The van der Waals surface area contributed by atoms with E-state index in [9.17, 15) is 4.79 Å². The summed E-state index contributed by atoms with van der Waals surface area (Å²) in [7, 11) is 1.82. The van der Waals surface area contributed by atoms with Crippen LogP contribution in [0.3, 0.4) is 0 Å². The highest BCUT2D eigenvalue weighted by molar-refractivity contribution is 7.09. The first kappa shape index (κ1) is 16.1. The van der Waals surface area contributed by atoms with E-state index in [4.69, 9.17) is 4.74 Å². The maximum absolute atomic E-state index is 12.4. The zero-order chi connectivity index (χ0) is 16.1. The molecule has 1 amide bonds. The number of carbonyl (C=O) groups is 1. The van der Waals surface area contributed by atoms with Crippen molar-refractivity contribution < 1.29 is 9.53 Å². The molecular formula is C17H21N3O2S. The molecule has 1 aromatic carbocycles. The molecule has 1 aliphatic heterocycles. The van der Waals surface area contributed by atoms with E-state index in [2.05, 4.69) is 9.88 Å². The monoisotopic (exact) mass is 331 g/mol. The van der Waals surface area contributed by atoms with Crippen LogP contribution in [0.15, 0.2) is 35.7 Å². The Labute approximate surface area is 140 Å². The molecule has 1 aromatic heterocycles. The lowest BCUT2D eigenvalue weighted by Crippen LogP contribution is -2.35. The molecule has 0 aliphatic carbocycles. The van der Waals surface area contributed by atoms with Gasteiger partial charge in [0.25, 0.3) is 5.91 Å². The fourth-order valence-electron chi connectivity index (χ4n) is 2.56. The van der Waals surface area contributed by atoms with Gasteiger partial charge in [0, 0.05) is 31.1 Å². The molecule has 23 heavy (non-hydrogen) atoms. The van der Waals surface area contributed by atoms with E-state index >= 15 is 0 Å². The summed E-state index contributed by atoms with van der Waals surface area (Å²) in [4.78, 5) is 21.1. The Balaban J connectivity index is 1.56. The Hall–Kier alpha value is -1.76. The van der Waals surface area contributed by atoms with E-state index in [1.165, 1.54) is 0 Å². The van der Waals surface area contributed by atoms with Crippen molar-refractivity contribution in [2.24, 2.45) is 0 Å². The number of hydrogen-bond donors (Lipinski definition) is 0. The van der Waals surface area contributed by atoms with Gasteiger partial charge in [0.2, 0.25) is 0 Å². The second kappa shape index (κ2) is 7.68. The highest BCUT2D eigenvalue weighted by Crippen LogP contribution is 2.15. The van der Waals surface area contributed by atoms with E-state index in [1.807, 2.05) is 42.8 Å². The zero-order valence-electron chi connectivity index (χ0n) is 13.3. The number of carbonyl (C=O) groups excluding carboxylic acids is 1. The Kier molecular flexibility index (Phi) is 5.38. The molecule has 0 unspecified atom stereocenters. The maximum Gasteiger partial charge on any atom is 0.253 e. The minimum atomic E-state index is 0.0216. The number of thiazole rings is 1. The summed E-state index contributed by atoms with van der Waals surface area (Å²) >= 11 is 1.66. The van der Waals surface area contributed by atoms with Gasteiger partial charge in [-0.1, -0.05) is 18.2 Å². The lowest BCUT2D eigenvalue weighted by atomic mass is 10.2. The summed E-state index contributed by atoms with van der Waals surface area (Å²) in [5.74, 6) is 0.0216. The number of amides is 1. The van der Waals surface area contributed by atoms with Gasteiger partial charge in [-0.2, -0.15) is 0 Å². The normalized spacial score (nSPS) is 15.5. The van der Waals surface area contributed by atoms with Crippen molar-refractivity contribution in [3.8, 4) is 0 Å². The molecule has 5 nitrogen and oxygen atoms in total. The van der Waals surface area contributed by atoms with Crippen molar-refractivity contribution in [2.45, 2.75) is 13.1 Å². The Morgan fingerprint density at radius 2 is 2.04 bits per heavy atom. The van der Waals surface area contributed by atoms with E-state index < -0.39 is 0 Å². The van der Waals surface area contributed by atoms with Gasteiger partial charge in [-0.3, -0.25) is 9.69 Å². The largest absolute Gasteiger partial charge is 0.379 e. The van der Waals surface area contributed by atoms with E-state index in [0.717, 1.165) is 43.5 Å². The number of morpholine rings is 1. The van der Waals surface area contributed by atoms with Crippen LogP contribution in [0.1, 0.15) is 21.1 Å². The predicted molar refractivity (Wildman–Crippen MR) is 90.4 cm³/mol. The molecule has 0 radical (unpaired) electrons. The number of hydrogen-bond acceptors (Lipinski definition) is 5. The van der Waals surface area contributed by atoms with Crippen LogP contribution in [0.25, 0.3) is 0 Å². The first-order valence-corrected chi connectivity index (χ1v) is 8.64. The van der Waals surface area contributed by atoms with Crippen molar-refractivity contribution in [2.75, 3.05) is 33.4 Å². The average molecular weight is 331 g/mol. The third-order valence-corrected chi connectivity index (χ3v) is 4.71. The van der Waals surface area contributed by atoms with E-state index in [1.54, 1.807) is 16.2 Å². The van der Waals surface area contributed by atoms with Crippen LogP contribution in [-0.2, 0) is 17.8 Å². The minimum absolute atomic E-state index is 0.0216. The molecule has 1 aliphatic rings. The van der Waals surface area contributed by atoms with E-state index in [0.29, 0.717) is 12.1 Å². The standard InChI is InChI=1S/C17H21N3O2S/c1-19(17(21)14-5-3-2-4-6-14)11-15-13-23-16(18-15)12-20-7-9-22-10-8-20/h2-6,13H,7-12H2,1H3. The average Bonchev–Trinajstić information content (AvgIpc) is 3.02. The highest BCUT2D eigenvalue weighted by Gasteiger charge is 2.15. The third-order valence-electron chi connectivity index (χ3n) is 3.83. The topological polar surface area (TPSA) is 45.7 Å². The minimum Gasteiger partial charge on any atom is -0.379 e. The lowest BCUT2D eigenvalue weighted by Gasteiger charge is -2.25. The molecule has 0 N–H and O–H groups in total. The maximum atomic E-state index is 12.4. The summed E-state index contributed by atoms with van der Waals surface area (Å²) in [6.45, 7) is 4.92. The van der Waals surface area contributed by atoms with Gasteiger partial charge in [-0.05, 0) is 12.1 Å². The van der Waals surface area contributed by atoms with Crippen LogP contribution < -0.4 is 0 Å². The van der Waals surface area contributed by atoms with Crippen molar-refractivity contribution in [3.63, 3.8) is 0 Å². The van der Waals surface area contributed by atoms with Gasteiger partial charge in [0.05, 0.1) is 32.0 Å². The molecule has 1 fully saturated rings. The second-order valence-electron chi connectivity index (χ2n) is 5.65. The van der Waals surface area contributed by atoms with Crippen molar-refractivity contribution in [1.82, 2.24) is 14.8 Å². The smallest absolute Gasteiger partial charge is 0.253 e. The molecular weight excluding hydrogens is 310 g/mol. The lowest BCUT2D eigenvalue weighted by molar-refractivity contribution is 0.0341. The molecule has 6 heteroatoms. The van der Waals surface area contributed by atoms with Crippen LogP contribution >= 0.6 is 11.3 Å². The number of rotatable bonds is 5. The summed E-state index contributed by atoms with van der Waals surface area (Å²) in [5.41, 5.74) is 1.66. The van der Waals surface area contributed by atoms with Gasteiger partial charge >= 0.3 is 0 Å².